The van der Waals surface area contributed by atoms with Gasteiger partial charge in [0.2, 0.25) is 18.2 Å². The van der Waals surface area contributed by atoms with Gasteiger partial charge in [0, 0.05) is 18.5 Å². The van der Waals surface area contributed by atoms with Gasteiger partial charge in [0.1, 0.15) is 18.0 Å². The van der Waals surface area contributed by atoms with E-state index in [9.17, 15) is 19.2 Å². The summed E-state index contributed by atoms with van der Waals surface area (Å²) in [6.07, 6.45) is 11.2. The van der Waals surface area contributed by atoms with Gasteiger partial charge in [-0.05, 0) is 62.0 Å². The summed E-state index contributed by atoms with van der Waals surface area (Å²) in [6.45, 7) is 3.96. The number of likely N-dealkylation sites (tertiary alicyclic amines) is 1. The third-order valence-corrected chi connectivity index (χ3v) is 7.86. The molecule has 8 heteroatoms. The lowest BCUT2D eigenvalue weighted by Gasteiger charge is -2.35. The van der Waals surface area contributed by atoms with Gasteiger partial charge in [-0.2, -0.15) is 0 Å². The molecule has 2 unspecified atom stereocenters. The first kappa shape index (κ1) is 28.5. The van der Waals surface area contributed by atoms with Crippen LogP contribution in [-0.4, -0.2) is 53.7 Å². The zero-order valence-electron chi connectivity index (χ0n) is 22.2. The van der Waals surface area contributed by atoms with Gasteiger partial charge in [-0.1, -0.05) is 57.4 Å². The molecule has 0 aromatic heterocycles. The molecule has 1 saturated heterocycles. The Balaban J connectivity index is 0.000000313. The number of hydrogen-bond acceptors (Lipinski definition) is 5. The van der Waals surface area contributed by atoms with Crippen LogP contribution in [0.2, 0.25) is 0 Å². The van der Waals surface area contributed by atoms with Crippen molar-refractivity contribution in [3.63, 3.8) is 0 Å². The zero-order valence-corrected chi connectivity index (χ0v) is 22.2. The molecule has 3 amide bonds. The highest BCUT2D eigenvalue weighted by atomic mass is 16.2. The average molecular weight is 511 g/mol. The third-order valence-electron chi connectivity index (χ3n) is 7.86. The number of allylic oxidation sites excluding steroid dienone is 1. The van der Waals surface area contributed by atoms with Crippen LogP contribution in [0.25, 0.3) is 0 Å². The maximum atomic E-state index is 13.4. The van der Waals surface area contributed by atoms with Gasteiger partial charge >= 0.3 is 0 Å². The average Bonchev–Trinajstić information content (AvgIpc) is 3.34. The SMILES string of the molecule is CC(C)C(=C=O)NC(C(=O)N1CC(NC=O)C[C@H]1C(N)=O)C1CCCCC1.c1ccc2c(c1)CCCC2. The highest BCUT2D eigenvalue weighted by molar-refractivity contribution is 5.90. The van der Waals surface area contributed by atoms with Crippen molar-refractivity contribution in [3.8, 4) is 0 Å². The van der Waals surface area contributed by atoms with Gasteiger partial charge in [0.25, 0.3) is 0 Å². The minimum absolute atomic E-state index is 0.0833. The van der Waals surface area contributed by atoms with E-state index in [1.54, 1.807) is 11.1 Å². The number of amides is 3. The monoisotopic (exact) mass is 510 g/mol. The predicted octanol–water partition coefficient (Wildman–Crippen LogP) is 2.66. The van der Waals surface area contributed by atoms with E-state index in [2.05, 4.69) is 34.9 Å². The van der Waals surface area contributed by atoms with Crippen LogP contribution in [0, 0.1) is 11.8 Å². The van der Waals surface area contributed by atoms with Crippen LogP contribution in [0.5, 0.6) is 0 Å². The lowest BCUT2D eigenvalue weighted by molar-refractivity contribution is -0.140. The number of benzene rings is 1. The van der Waals surface area contributed by atoms with Crippen LogP contribution in [0.4, 0.5) is 0 Å². The molecule has 1 saturated carbocycles. The standard InChI is InChI=1S/C19H30N4O4.C10H12/c1-12(2)15(10-24)22-17(13-6-4-3-5-7-13)19(27)23-9-14(21-11-25)8-16(23)18(20)26;1-2-6-10-8-4-3-7-9(10)5-1/h11-14,16-17,22H,3-9H2,1-2H3,(H2,20,26)(H,21,25);1-2,5-6H,3-4,7-8H2/t14?,16-,17?;/m0./s1. The molecule has 37 heavy (non-hydrogen) atoms. The molecule has 4 rings (SSSR count). The molecule has 1 aromatic carbocycles. The highest BCUT2D eigenvalue weighted by Gasteiger charge is 2.43. The molecule has 2 fully saturated rings. The summed E-state index contributed by atoms with van der Waals surface area (Å²) in [5, 5.41) is 5.75. The van der Waals surface area contributed by atoms with Crippen LogP contribution in [0.3, 0.4) is 0 Å². The fraction of sp³-hybridized carbons (Fsp3) is 0.621. The number of nitrogens with one attached hydrogen (secondary N) is 2. The van der Waals surface area contributed by atoms with E-state index in [0.29, 0.717) is 18.5 Å². The number of fused-ring (bicyclic) bond motifs is 1. The molecule has 0 bridgehead atoms. The highest BCUT2D eigenvalue weighted by Crippen LogP contribution is 2.30. The Hall–Kier alpha value is -3.12. The van der Waals surface area contributed by atoms with Crippen molar-refractivity contribution in [2.24, 2.45) is 17.6 Å². The van der Waals surface area contributed by atoms with E-state index in [-0.39, 0.29) is 30.3 Å². The fourth-order valence-corrected chi connectivity index (χ4v) is 5.75. The quantitative estimate of drug-likeness (QED) is 0.367. The second-order valence-corrected chi connectivity index (χ2v) is 10.8. The van der Waals surface area contributed by atoms with E-state index in [4.69, 9.17) is 5.73 Å². The number of carbonyl (C=O) groups excluding carboxylic acids is 4. The van der Waals surface area contributed by atoms with Crippen LogP contribution in [0.1, 0.15) is 76.3 Å². The van der Waals surface area contributed by atoms with E-state index in [1.807, 2.05) is 19.8 Å². The molecular weight excluding hydrogens is 468 g/mol. The number of nitrogens with zero attached hydrogens (tertiary/aromatic N) is 1. The van der Waals surface area contributed by atoms with E-state index >= 15 is 0 Å². The lowest BCUT2D eigenvalue weighted by Crippen LogP contribution is -2.54. The normalized spacial score (nSPS) is 22.1. The maximum absolute atomic E-state index is 13.4. The Kier molecular flexibility index (Phi) is 10.8. The Morgan fingerprint density at radius 3 is 2.19 bits per heavy atom. The largest absolute Gasteiger partial charge is 0.368 e. The molecule has 202 valence electrons. The van der Waals surface area contributed by atoms with E-state index in [1.165, 1.54) is 30.6 Å². The van der Waals surface area contributed by atoms with Gasteiger partial charge in [0.05, 0.1) is 5.70 Å². The van der Waals surface area contributed by atoms with Gasteiger partial charge in [-0.15, -0.1) is 0 Å². The second-order valence-electron chi connectivity index (χ2n) is 10.8. The number of hydrogen-bond donors (Lipinski definition) is 3. The topological polar surface area (TPSA) is 122 Å². The van der Waals surface area contributed by atoms with Crippen LogP contribution in [-0.2, 0) is 32.0 Å². The van der Waals surface area contributed by atoms with Gasteiger partial charge in [-0.3, -0.25) is 14.4 Å². The first-order chi connectivity index (χ1) is 17.8. The molecule has 1 aromatic rings. The van der Waals surface area contributed by atoms with Crippen LogP contribution < -0.4 is 16.4 Å². The molecule has 8 nitrogen and oxygen atoms in total. The molecule has 0 spiro atoms. The van der Waals surface area contributed by atoms with Crippen molar-refractivity contribution in [1.82, 2.24) is 15.5 Å². The summed E-state index contributed by atoms with van der Waals surface area (Å²) in [5.74, 6) is 1.08. The van der Waals surface area contributed by atoms with Crippen LogP contribution in [0.15, 0.2) is 30.0 Å². The Morgan fingerprint density at radius 2 is 1.68 bits per heavy atom. The number of aryl methyl sites for hydroxylation is 2. The summed E-state index contributed by atoms with van der Waals surface area (Å²) in [7, 11) is 0. The summed E-state index contributed by atoms with van der Waals surface area (Å²) in [6, 6.07) is 7.14. The van der Waals surface area contributed by atoms with E-state index in [0.717, 1.165) is 32.1 Å². The molecule has 3 atom stereocenters. The number of nitrogens with two attached hydrogens (primary N) is 1. The lowest BCUT2D eigenvalue weighted by atomic mass is 9.83. The van der Waals surface area contributed by atoms with Gasteiger partial charge in [-0.25, -0.2) is 4.79 Å². The molecule has 1 heterocycles. The summed E-state index contributed by atoms with van der Waals surface area (Å²) < 4.78 is 0. The van der Waals surface area contributed by atoms with Crippen molar-refractivity contribution < 1.29 is 19.2 Å². The van der Waals surface area contributed by atoms with E-state index < -0.39 is 18.0 Å². The number of primary amides is 1. The minimum atomic E-state index is -0.759. The predicted molar refractivity (Wildman–Crippen MR) is 143 cm³/mol. The molecule has 3 aliphatic rings. The Labute approximate surface area is 220 Å². The zero-order chi connectivity index (χ0) is 26.8. The van der Waals surface area contributed by atoms with Crippen LogP contribution >= 0.6 is 0 Å². The van der Waals surface area contributed by atoms with Crippen molar-refractivity contribution in [1.29, 1.82) is 0 Å². The van der Waals surface area contributed by atoms with Gasteiger partial charge in [0.15, 0.2) is 0 Å². The first-order valence-electron chi connectivity index (χ1n) is 13.7. The molecule has 1 aliphatic heterocycles. The smallest absolute Gasteiger partial charge is 0.246 e. The van der Waals surface area contributed by atoms with Crippen molar-refractivity contribution >= 4 is 24.2 Å². The first-order valence-corrected chi connectivity index (χ1v) is 13.7. The number of rotatable bonds is 8. The van der Waals surface area contributed by atoms with Crippen molar-refractivity contribution in [2.45, 2.75) is 96.2 Å². The van der Waals surface area contributed by atoms with Gasteiger partial charge < -0.3 is 21.3 Å². The second kappa shape index (κ2) is 14.0. The third kappa shape index (κ3) is 7.68. The maximum Gasteiger partial charge on any atom is 0.246 e. The molecule has 4 N–H and O–H groups in total. The van der Waals surface area contributed by atoms with Crippen molar-refractivity contribution in [3.05, 3.63) is 41.1 Å². The summed E-state index contributed by atoms with van der Waals surface area (Å²) >= 11 is 0. The fourth-order valence-electron chi connectivity index (χ4n) is 5.75. The molecular formula is C29H42N4O4. The Morgan fingerprint density at radius 1 is 1.05 bits per heavy atom. The summed E-state index contributed by atoms with van der Waals surface area (Å²) in [5.41, 5.74) is 9.01. The Bertz CT molecular complexity index is 957. The summed E-state index contributed by atoms with van der Waals surface area (Å²) in [4.78, 5) is 48.8. The molecule has 0 radical (unpaired) electrons. The minimum Gasteiger partial charge on any atom is -0.368 e. The molecule has 2 aliphatic carbocycles. The van der Waals surface area contributed by atoms with Crippen molar-refractivity contribution in [2.75, 3.05) is 6.54 Å². The number of carbonyl (C=O) groups is 3.